The first kappa shape index (κ1) is 32.9. The number of hydrogen-bond donors (Lipinski definition) is 1. The van der Waals surface area contributed by atoms with Gasteiger partial charge in [-0.1, -0.05) is 0 Å². The van der Waals surface area contributed by atoms with Crippen LogP contribution in [0.15, 0.2) is 4.76 Å². The van der Waals surface area contributed by atoms with Gasteiger partial charge in [0.1, 0.15) is 0 Å². The van der Waals surface area contributed by atoms with Crippen LogP contribution in [0.25, 0.3) is 0 Å². The number of likely N-dealkylation sites (N-methyl/N-ethyl adjacent to an activating group) is 1. The maximum Gasteiger partial charge on any atom is 2.00 e. The van der Waals surface area contributed by atoms with E-state index in [-0.39, 0.29) is 82.2 Å². The third-order valence-corrected chi connectivity index (χ3v) is 1.43. The SMILES string of the molecule is CC(=O)[O-].CN(CC(=O)[O-])/C(N)=N/P(=O)([O-])[O-].[Mg+2].[Na+].[Na+]. The van der Waals surface area contributed by atoms with Crippen LogP contribution < -0.4 is 84.8 Å². The van der Waals surface area contributed by atoms with Crippen LogP contribution >= 0.6 is 7.75 Å². The average Bonchev–Trinajstić information content (AvgIpc) is 1.97. The number of rotatable bonds is 3. The van der Waals surface area contributed by atoms with Crippen molar-refractivity contribution in [1.82, 2.24) is 4.90 Å². The summed E-state index contributed by atoms with van der Waals surface area (Å²) in [5.41, 5.74) is 4.96. The van der Waals surface area contributed by atoms with Crippen molar-refractivity contribution < 1.29 is 93.3 Å². The summed E-state index contributed by atoms with van der Waals surface area (Å²) in [5.74, 6) is -3.23. The van der Waals surface area contributed by atoms with Gasteiger partial charge < -0.3 is 44.8 Å². The van der Waals surface area contributed by atoms with E-state index >= 15 is 0 Å². The van der Waals surface area contributed by atoms with E-state index in [0.717, 1.165) is 18.9 Å². The van der Waals surface area contributed by atoms with E-state index in [1.807, 2.05) is 0 Å². The Kier molecular flexibility index (Phi) is 27.1. The van der Waals surface area contributed by atoms with Gasteiger partial charge in [0.2, 0.25) is 0 Å². The summed E-state index contributed by atoms with van der Waals surface area (Å²) < 4.78 is 12.6. The monoisotopic (exact) mass is 337 g/mol. The van der Waals surface area contributed by atoms with E-state index in [4.69, 9.17) is 15.6 Å². The van der Waals surface area contributed by atoms with E-state index in [2.05, 4.69) is 4.76 Å². The Labute approximate surface area is 176 Å². The van der Waals surface area contributed by atoms with Crippen LogP contribution in [-0.2, 0) is 14.2 Å². The van der Waals surface area contributed by atoms with Crippen molar-refractivity contribution in [1.29, 1.82) is 0 Å². The molecule has 0 radical (unpaired) electrons. The number of carbonyl (C=O) groups is 2. The zero-order valence-electron chi connectivity index (χ0n) is 11.7. The molecule has 20 heavy (non-hydrogen) atoms. The Balaban J connectivity index is -0.0000000951. The topological polar surface area (TPSA) is 185 Å². The summed E-state index contributed by atoms with van der Waals surface area (Å²) in [6.07, 6.45) is 0. The molecule has 14 heteroatoms. The van der Waals surface area contributed by atoms with Gasteiger partial charge in [-0.05, 0) is 6.92 Å². The summed E-state index contributed by atoms with van der Waals surface area (Å²) in [6.45, 7) is 0.329. The maximum atomic E-state index is 10.0. The Hall–Kier alpha value is 1.13. The van der Waals surface area contributed by atoms with Gasteiger partial charge in [0, 0.05) is 13.0 Å². The second kappa shape index (κ2) is 16.5. The van der Waals surface area contributed by atoms with E-state index in [1.165, 1.54) is 0 Å². The van der Waals surface area contributed by atoms with Crippen LogP contribution in [0.5, 0.6) is 0 Å². The van der Waals surface area contributed by atoms with Gasteiger partial charge in [0.15, 0.2) is 5.96 Å². The number of aliphatic carboxylic acids is 2. The molecule has 0 saturated carbocycles. The van der Waals surface area contributed by atoms with Crippen molar-refractivity contribution in [3.63, 3.8) is 0 Å². The third-order valence-electron chi connectivity index (χ3n) is 0.982. The molecule has 2 N–H and O–H groups in total. The Bertz CT molecular complexity index is 360. The van der Waals surface area contributed by atoms with Crippen LogP contribution in [0.3, 0.4) is 0 Å². The predicted molar refractivity (Wildman–Crippen MR) is 53.3 cm³/mol. The fourth-order valence-electron chi connectivity index (χ4n) is 0.476. The zero-order valence-corrected chi connectivity index (χ0v) is 18.0. The number of carbonyl (C=O) groups excluding carboxylic acids is 2. The molecule has 100 valence electrons. The van der Waals surface area contributed by atoms with Crippen molar-refractivity contribution in [2.75, 3.05) is 13.6 Å². The fraction of sp³-hybridized carbons (Fsp3) is 0.500. The minimum atomic E-state index is -5.11. The molecule has 0 saturated heterocycles. The molecule has 0 fully saturated rings. The second-order valence-electron chi connectivity index (χ2n) is 2.65. The summed E-state index contributed by atoms with van der Waals surface area (Å²) in [5, 5.41) is 18.9. The van der Waals surface area contributed by atoms with Gasteiger partial charge in [-0.15, -0.1) is 0 Å². The Morgan fingerprint density at radius 2 is 1.55 bits per heavy atom. The van der Waals surface area contributed by atoms with Crippen LogP contribution in [0.1, 0.15) is 6.92 Å². The summed E-state index contributed by atoms with van der Waals surface area (Å²) in [6, 6.07) is 0. The molecule has 0 rings (SSSR count). The molecule has 0 aliphatic rings. The van der Waals surface area contributed by atoms with E-state index in [9.17, 15) is 24.3 Å². The van der Waals surface area contributed by atoms with Gasteiger partial charge in [-0.3, -0.25) is 0 Å². The molecule has 0 heterocycles. The van der Waals surface area contributed by atoms with Gasteiger partial charge in [0.25, 0.3) is 0 Å². The number of guanidine groups is 1. The maximum absolute atomic E-state index is 10.0. The van der Waals surface area contributed by atoms with Gasteiger partial charge in [0.05, 0.1) is 20.3 Å². The standard InChI is InChI=1S/C4H10N3O5P.C2H4O2.Mg.2Na/c1-7(2-3(8)9)4(5)6-13(10,11)12;1-2(3)4;;;/h2H2,1H3,(H,8,9)(H4,5,6,10,11,12);1H3,(H,3,4);;;/q;;+2;2*+1/p-4. The first-order valence-electron chi connectivity index (χ1n) is 3.92. The minimum absolute atomic E-state index is 0. The number of nitrogens with zero attached hydrogens (tertiary/aromatic N) is 2. The predicted octanol–water partition coefficient (Wildman–Crippen LogP) is -11.8. The van der Waals surface area contributed by atoms with Crippen molar-refractivity contribution >= 4 is 48.7 Å². The van der Waals surface area contributed by atoms with Crippen molar-refractivity contribution in [3.05, 3.63) is 0 Å². The summed E-state index contributed by atoms with van der Waals surface area (Å²) >= 11 is 0. The van der Waals surface area contributed by atoms with Gasteiger partial charge in [-0.2, -0.15) is 0 Å². The fourth-order valence-corrected chi connectivity index (χ4v) is 0.880. The molecule has 0 amide bonds. The molecule has 0 aromatic heterocycles. The quantitative estimate of drug-likeness (QED) is 0.226. The normalized spacial score (nSPS) is 9.50. The van der Waals surface area contributed by atoms with Gasteiger partial charge >= 0.3 is 82.2 Å². The molecule has 0 aliphatic heterocycles. The molecule has 0 spiro atoms. The smallest absolute Gasteiger partial charge is 0.793 e. The molecule has 10 nitrogen and oxygen atoms in total. The third kappa shape index (κ3) is 31.5. The minimum Gasteiger partial charge on any atom is -0.793 e. The molecule has 0 aliphatic carbocycles. The molecular weight excluding hydrogens is 327 g/mol. The van der Waals surface area contributed by atoms with Crippen molar-refractivity contribution in [3.8, 4) is 0 Å². The molecule has 0 atom stereocenters. The van der Waals surface area contributed by atoms with Crippen molar-refractivity contribution in [2.45, 2.75) is 6.92 Å². The second-order valence-corrected chi connectivity index (χ2v) is 3.78. The molecular formula is C6H10MgN3Na2O7P. The summed E-state index contributed by atoms with van der Waals surface area (Å²) in [4.78, 5) is 39.7. The molecule has 0 bridgehead atoms. The molecule has 0 aromatic carbocycles. The zero-order chi connectivity index (χ0) is 14.2. The van der Waals surface area contributed by atoms with E-state index in [1.54, 1.807) is 0 Å². The van der Waals surface area contributed by atoms with Crippen LogP contribution in [0, 0.1) is 0 Å². The van der Waals surface area contributed by atoms with Crippen LogP contribution in [0.4, 0.5) is 0 Å². The largest absolute Gasteiger partial charge is 2.00 e. The summed E-state index contributed by atoms with van der Waals surface area (Å²) in [7, 11) is -3.95. The van der Waals surface area contributed by atoms with Crippen molar-refractivity contribution in [2.24, 2.45) is 10.5 Å². The number of carboxylic acids is 2. The van der Waals surface area contributed by atoms with Crippen LogP contribution in [0.2, 0.25) is 0 Å². The number of nitrogens with two attached hydrogens (primary N) is 1. The number of carboxylic acid groups (broad SMARTS) is 2. The molecule has 0 unspecified atom stereocenters. The first-order valence-corrected chi connectivity index (χ1v) is 5.41. The first-order chi connectivity index (χ1) is 7.45. The Morgan fingerprint density at radius 1 is 1.25 bits per heavy atom. The van der Waals surface area contributed by atoms with E-state index < -0.39 is 32.2 Å². The van der Waals surface area contributed by atoms with E-state index in [0.29, 0.717) is 0 Å². The average molecular weight is 337 g/mol. The Morgan fingerprint density at radius 3 is 1.75 bits per heavy atom. The van der Waals surface area contributed by atoms with Gasteiger partial charge in [-0.25, -0.2) is 4.76 Å². The van der Waals surface area contributed by atoms with Crippen LogP contribution in [-0.4, -0.2) is 59.4 Å². The number of hydrogen-bond acceptors (Lipinski definition) is 7. The molecule has 0 aromatic rings.